The molecular formula is C12H15BrN2. The van der Waals surface area contributed by atoms with Crippen molar-refractivity contribution in [1.82, 2.24) is 0 Å². The second kappa shape index (κ2) is 3.63. The SMILES string of the molecule is CC1=Nc2cc(Br)ccc2NC(C)(C)C1. The van der Waals surface area contributed by atoms with Crippen LogP contribution < -0.4 is 5.32 Å². The number of hydrogen-bond donors (Lipinski definition) is 1. The second-order valence-corrected chi connectivity index (χ2v) is 5.61. The molecule has 80 valence electrons. The smallest absolute Gasteiger partial charge is 0.0871 e. The molecule has 0 spiro atoms. The molecule has 0 saturated carbocycles. The van der Waals surface area contributed by atoms with Crippen LogP contribution in [0, 0.1) is 0 Å². The van der Waals surface area contributed by atoms with Gasteiger partial charge >= 0.3 is 0 Å². The zero-order chi connectivity index (χ0) is 11.1. The summed E-state index contributed by atoms with van der Waals surface area (Å²) in [6, 6.07) is 6.16. The molecule has 1 aromatic carbocycles. The van der Waals surface area contributed by atoms with Gasteiger partial charge < -0.3 is 5.32 Å². The molecule has 0 fully saturated rings. The number of rotatable bonds is 0. The van der Waals surface area contributed by atoms with E-state index in [1.165, 1.54) is 5.71 Å². The maximum Gasteiger partial charge on any atom is 0.0871 e. The van der Waals surface area contributed by atoms with Crippen molar-refractivity contribution in [2.45, 2.75) is 32.7 Å². The van der Waals surface area contributed by atoms with Crippen LogP contribution in [0.4, 0.5) is 11.4 Å². The Morgan fingerprint density at radius 2 is 2.13 bits per heavy atom. The molecule has 0 unspecified atom stereocenters. The van der Waals surface area contributed by atoms with Gasteiger partial charge in [-0.1, -0.05) is 15.9 Å². The molecule has 1 aliphatic heterocycles. The summed E-state index contributed by atoms with van der Waals surface area (Å²) in [5.41, 5.74) is 3.38. The Morgan fingerprint density at radius 1 is 1.40 bits per heavy atom. The van der Waals surface area contributed by atoms with Crippen molar-refractivity contribution < 1.29 is 0 Å². The van der Waals surface area contributed by atoms with E-state index in [9.17, 15) is 0 Å². The monoisotopic (exact) mass is 266 g/mol. The minimum absolute atomic E-state index is 0.0761. The van der Waals surface area contributed by atoms with Gasteiger partial charge in [-0.25, -0.2) is 0 Å². The number of hydrogen-bond acceptors (Lipinski definition) is 2. The van der Waals surface area contributed by atoms with Gasteiger partial charge in [0.15, 0.2) is 0 Å². The Hall–Kier alpha value is -0.830. The molecule has 0 saturated heterocycles. The van der Waals surface area contributed by atoms with E-state index < -0.39 is 0 Å². The summed E-state index contributed by atoms with van der Waals surface area (Å²) in [4.78, 5) is 4.62. The predicted molar refractivity (Wildman–Crippen MR) is 69.2 cm³/mol. The zero-order valence-corrected chi connectivity index (χ0v) is 10.9. The maximum atomic E-state index is 4.62. The Labute approximate surface area is 98.9 Å². The van der Waals surface area contributed by atoms with Crippen molar-refractivity contribution >= 4 is 33.0 Å². The molecule has 2 nitrogen and oxygen atoms in total. The van der Waals surface area contributed by atoms with E-state index in [4.69, 9.17) is 0 Å². The van der Waals surface area contributed by atoms with Crippen molar-refractivity contribution in [1.29, 1.82) is 0 Å². The fourth-order valence-corrected chi connectivity index (χ4v) is 2.35. The highest BCUT2D eigenvalue weighted by atomic mass is 79.9. The van der Waals surface area contributed by atoms with Crippen LogP contribution in [-0.4, -0.2) is 11.3 Å². The summed E-state index contributed by atoms with van der Waals surface area (Å²) >= 11 is 3.47. The Morgan fingerprint density at radius 3 is 2.87 bits per heavy atom. The van der Waals surface area contributed by atoms with Gasteiger partial charge in [-0.2, -0.15) is 0 Å². The molecule has 3 heteroatoms. The molecule has 0 amide bonds. The molecule has 1 heterocycles. The summed E-state index contributed by atoms with van der Waals surface area (Å²) in [6.45, 7) is 6.48. The lowest BCUT2D eigenvalue weighted by atomic mass is 9.98. The van der Waals surface area contributed by atoms with Gasteiger partial charge in [0.2, 0.25) is 0 Å². The minimum atomic E-state index is 0.0761. The largest absolute Gasteiger partial charge is 0.378 e. The third kappa shape index (κ3) is 2.40. The first kappa shape index (κ1) is 10.7. The predicted octanol–water partition coefficient (Wildman–Crippen LogP) is 4.14. The van der Waals surface area contributed by atoms with E-state index in [-0.39, 0.29) is 5.54 Å². The van der Waals surface area contributed by atoms with Crippen molar-refractivity contribution in [3.8, 4) is 0 Å². The summed E-state index contributed by atoms with van der Waals surface area (Å²) < 4.78 is 1.07. The minimum Gasteiger partial charge on any atom is -0.378 e. The van der Waals surface area contributed by atoms with E-state index >= 15 is 0 Å². The average Bonchev–Trinajstić information content (AvgIpc) is 2.18. The Kier molecular flexibility index (Phi) is 2.59. The van der Waals surface area contributed by atoms with E-state index in [0.29, 0.717) is 0 Å². The number of fused-ring (bicyclic) bond motifs is 1. The molecule has 15 heavy (non-hydrogen) atoms. The topological polar surface area (TPSA) is 24.4 Å². The van der Waals surface area contributed by atoms with Gasteiger partial charge in [-0.3, -0.25) is 4.99 Å². The number of anilines is 1. The molecular weight excluding hydrogens is 252 g/mol. The Bertz CT molecular complexity index is 422. The molecule has 1 aromatic rings. The molecule has 0 aliphatic carbocycles. The third-order valence-electron chi connectivity index (χ3n) is 2.44. The fraction of sp³-hybridized carbons (Fsp3) is 0.417. The van der Waals surface area contributed by atoms with Gasteiger partial charge in [0.05, 0.1) is 11.4 Å². The van der Waals surface area contributed by atoms with E-state index in [1.807, 2.05) is 12.1 Å². The first-order valence-electron chi connectivity index (χ1n) is 5.08. The molecule has 0 aromatic heterocycles. The van der Waals surface area contributed by atoms with Crippen LogP contribution in [0.3, 0.4) is 0 Å². The van der Waals surface area contributed by atoms with Crippen LogP contribution in [0.1, 0.15) is 27.2 Å². The van der Waals surface area contributed by atoms with Gasteiger partial charge in [0.1, 0.15) is 0 Å². The summed E-state index contributed by atoms with van der Waals surface area (Å²) in [5, 5.41) is 3.52. The van der Waals surface area contributed by atoms with Crippen molar-refractivity contribution in [2.24, 2.45) is 4.99 Å². The average molecular weight is 267 g/mol. The first-order valence-corrected chi connectivity index (χ1v) is 5.87. The van der Waals surface area contributed by atoms with Crippen LogP contribution in [0.2, 0.25) is 0 Å². The summed E-state index contributed by atoms with van der Waals surface area (Å²) in [7, 11) is 0. The number of nitrogens with zero attached hydrogens (tertiary/aromatic N) is 1. The number of nitrogens with one attached hydrogen (secondary N) is 1. The summed E-state index contributed by atoms with van der Waals surface area (Å²) in [6.07, 6.45) is 0.972. The van der Waals surface area contributed by atoms with Crippen molar-refractivity contribution in [2.75, 3.05) is 5.32 Å². The van der Waals surface area contributed by atoms with Crippen molar-refractivity contribution in [3.05, 3.63) is 22.7 Å². The zero-order valence-electron chi connectivity index (χ0n) is 9.26. The summed E-state index contributed by atoms with van der Waals surface area (Å²) in [5.74, 6) is 0. The number of aliphatic imine (C=N–C) groups is 1. The van der Waals surface area contributed by atoms with Gasteiger partial charge in [0.25, 0.3) is 0 Å². The highest BCUT2D eigenvalue weighted by Gasteiger charge is 2.22. The molecule has 0 bridgehead atoms. The van der Waals surface area contributed by atoms with Crippen LogP contribution in [-0.2, 0) is 0 Å². The van der Waals surface area contributed by atoms with Gasteiger partial charge in [0, 0.05) is 22.1 Å². The van der Waals surface area contributed by atoms with E-state index in [0.717, 1.165) is 22.3 Å². The van der Waals surface area contributed by atoms with Crippen LogP contribution in [0.5, 0.6) is 0 Å². The van der Waals surface area contributed by atoms with Gasteiger partial charge in [-0.15, -0.1) is 0 Å². The standard InChI is InChI=1S/C12H15BrN2/c1-8-7-12(2,3)15-10-5-4-9(13)6-11(10)14-8/h4-6,15H,7H2,1-3H3. The van der Waals surface area contributed by atoms with Crippen molar-refractivity contribution in [3.63, 3.8) is 0 Å². The highest BCUT2D eigenvalue weighted by Crippen LogP contribution is 2.34. The third-order valence-corrected chi connectivity index (χ3v) is 2.94. The van der Waals surface area contributed by atoms with E-state index in [2.05, 4.69) is 53.1 Å². The normalized spacial score (nSPS) is 18.5. The lowest BCUT2D eigenvalue weighted by Gasteiger charge is -2.25. The molecule has 0 atom stereocenters. The quantitative estimate of drug-likeness (QED) is 0.750. The maximum absolute atomic E-state index is 4.62. The highest BCUT2D eigenvalue weighted by molar-refractivity contribution is 9.10. The lowest BCUT2D eigenvalue weighted by molar-refractivity contribution is 0.595. The Balaban J connectivity index is 2.52. The van der Waals surface area contributed by atoms with Gasteiger partial charge in [-0.05, 0) is 39.0 Å². The van der Waals surface area contributed by atoms with E-state index in [1.54, 1.807) is 0 Å². The fourth-order valence-electron chi connectivity index (χ4n) is 2.00. The second-order valence-electron chi connectivity index (χ2n) is 4.69. The lowest BCUT2D eigenvalue weighted by Crippen LogP contribution is -2.31. The van der Waals surface area contributed by atoms with Crippen LogP contribution in [0.15, 0.2) is 27.7 Å². The number of benzene rings is 1. The van der Waals surface area contributed by atoms with Crippen LogP contribution in [0.25, 0.3) is 0 Å². The van der Waals surface area contributed by atoms with Crippen LogP contribution >= 0.6 is 15.9 Å². The molecule has 1 aliphatic rings. The molecule has 2 rings (SSSR count). The number of halogens is 1. The molecule has 0 radical (unpaired) electrons. The first-order chi connectivity index (χ1) is 6.96. The molecule has 1 N–H and O–H groups in total.